The number of esters is 1. The quantitative estimate of drug-likeness (QED) is 0.192. The lowest BCUT2D eigenvalue weighted by molar-refractivity contribution is -0.136. The van der Waals surface area contributed by atoms with E-state index in [4.69, 9.17) is 26.7 Å². The van der Waals surface area contributed by atoms with E-state index < -0.39 is 5.83 Å². The Morgan fingerprint density at radius 2 is 1.56 bits per heavy atom. The predicted molar refractivity (Wildman–Crippen MR) is 131 cm³/mol. The normalized spacial score (nSPS) is 12.8. The Morgan fingerprint density at radius 3 is 1.97 bits per heavy atom. The number of halogens is 1. The molecule has 0 bridgehead atoms. The van der Waals surface area contributed by atoms with Crippen molar-refractivity contribution in [1.29, 1.82) is 0 Å². The average molecular weight is 456 g/mol. The van der Waals surface area contributed by atoms with Crippen LogP contribution in [-0.4, -0.2) is 32.8 Å². The van der Waals surface area contributed by atoms with Crippen LogP contribution in [0.1, 0.15) is 48.0 Å². The number of hydrogen-bond acceptors (Lipinski definition) is 7. The lowest BCUT2D eigenvalue weighted by Crippen LogP contribution is -2.06. The van der Waals surface area contributed by atoms with Crippen LogP contribution in [0.4, 0.5) is 4.39 Å². The molecular weight excluding hydrogens is 413 g/mol. The maximum Gasteiger partial charge on any atom is 0.333 e. The van der Waals surface area contributed by atoms with Crippen LogP contribution >= 0.6 is 0 Å². The molecule has 0 aromatic heterocycles. The van der Waals surface area contributed by atoms with Crippen LogP contribution in [0.5, 0.6) is 0 Å². The fourth-order valence-corrected chi connectivity index (χ4v) is 1.93. The van der Waals surface area contributed by atoms with Gasteiger partial charge < -0.3 is 31.4 Å². The van der Waals surface area contributed by atoms with E-state index in [1.54, 1.807) is 19.1 Å². The number of carbonyl (C=O) groups excluding carboxylic acids is 1. The second-order valence-electron chi connectivity index (χ2n) is 6.35. The van der Waals surface area contributed by atoms with E-state index in [2.05, 4.69) is 11.3 Å². The summed E-state index contributed by atoms with van der Waals surface area (Å²) in [7, 11) is 2.83. The van der Waals surface area contributed by atoms with Crippen molar-refractivity contribution < 1.29 is 23.4 Å². The highest BCUT2D eigenvalue weighted by Crippen LogP contribution is 2.05. The van der Waals surface area contributed by atoms with Crippen molar-refractivity contribution in [2.24, 2.45) is 17.2 Å². The fourth-order valence-electron chi connectivity index (χ4n) is 1.93. The first kappa shape index (κ1) is 33.6. The van der Waals surface area contributed by atoms with Crippen LogP contribution < -0.4 is 17.2 Å². The molecule has 0 aliphatic rings. The van der Waals surface area contributed by atoms with Crippen molar-refractivity contribution in [2.45, 2.75) is 54.1 Å². The summed E-state index contributed by atoms with van der Waals surface area (Å²) in [5.41, 5.74) is 17.9. The molecule has 0 aliphatic heterocycles. The monoisotopic (exact) mass is 455 g/mol. The van der Waals surface area contributed by atoms with Crippen molar-refractivity contribution in [3.05, 3.63) is 71.3 Å². The van der Waals surface area contributed by atoms with E-state index >= 15 is 0 Å². The first-order valence-electron chi connectivity index (χ1n) is 10.3. The Hall–Kier alpha value is -3.00. The van der Waals surface area contributed by atoms with Crippen LogP contribution in [0.15, 0.2) is 71.3 Å². The van der Waals surface area contributed by atoms with Gasteiger partial charge in [0.2, 0.25) is 0 Å². The first-order chi connectivity index (χ1) is 15.0. The van der Waals surface area contributed by atoms with Gasteiger partial charge in [0.15, 0.2) is 0 Å². The minimum absolute atomic E-state index is 0.135. The summed E-state index contributed by atoms with van der Waals surface area (Å²) in [4.78, 5) is 11.1. The van der Waals surface area contributed by atoms with Crippen molar-refractivity contribution in [2.75, 3.05) is 20.8 Å². The Bertz CT molecular complexity index is 700. The lowest BCUT2D eigenvalue weighted by Gasteiger charge is -2.09. The molecule has 0 saturated carbocycles. The summed E-state index contributed by atoms with van der Waals surface area (Å²) < 4.78 is 27.0. The highest BCUT2D eigenvalue weighted by atomic mass is 19.1. The van der Waals surface area contributed by atoms with Crippen LogP contribution in [0, 0.1) is 0 Å². The Kier molecular flexibility index (Phi) is 22.3. The van der Waals surface area contributed by atoms with Gasteiger partial charge in [0.1, 0.15) is 11.6 Å². The van der Waals surface area contributed by atoms with Crippen LogP contribution in [-0.2, 0) is 19.0 Å². The fraction of sp³-hybridized carbons (Fsp3) is 0.458. The molecule has 7 nitrogen and oxygen atoms in total. The van der Waals surface area contributed by atoms with E-state index in [-0.39, 0.29) is 24.3 Å². The number of methoxy groups -OCH3 is 2. The number of hydrogen-bond donors (Lipinski definition) is 3. The third-order valence-electron chi connectivity index (χ3n) is 3.19. The number of nitrogens with two attached hydrogens (primary N) is 3. The SMILES string of the molecule is C=C(F)/C=C(N)\C=C(/CN)OC.CC.COC(=O)/C(C)=C/C/C=C(N)\C=C(/C)OC(C)C. The van der Waals surface area contributed by atoms with Crippen molar-refractivity contribution in [3.8, 4) is 0 Å². The topological polar surface area (TPSA) is 123 Å². The smallest absolute Gasteiger partial charge is 0.333 e. The van der Waals surface area contributed by atoms with Gasteiger partial charge in [0, 0.05) is 23.0 Å². The van der Waals surface area contributed by atoms with Gasteiger partial charge in [0.25, 0.3) is 0 Å². The maximum absolute atomic E-state index is 12.2. The molecular formula is C24H42FN3O4. The predicted octanol–water partition coefficient (Wildman–Crippen LogP) is 4.49. The zero-order valence-corrected chi connectivity index (χ0v) is 20.8. The highest BCUT2D eigenvalue weighted by Gasteiger charge is 2.01. The minimum Gasteiger partial charge on any atom is -0.500 e. The molecule has 0 atom stereocenters. The molecule has 32 heavy (non-hydrogen) atoms. The van der Waals surface area contributed by atoms with Crippen molar-refractivity contribution in [1.82, 2.24) is 0 Å². The number of ether oxygens (including phenoxy) is 3. The Balaban J connectivity index is -0.000000521. The van der Waals surface area contributed by atoms with Gasteiger partial charge in [-0.2, -0.15) is 0 Å². The summed E-state index contributed by atoms with van der Waals surface area (Å²) in [6, 6.07) is 0. The molecule has 0 fully saturated rings. The molecule has 0 spiro atoms. The molecule has 0 rings (SSSR count). The Labute approximate surface area is 193 Å². The van der Waals surface area contributed by atoms with Gasteiger partial charge in [-0.15, -0.1) is 0 Å². The molecule has 0 saturated heterocycles. The average Bonchev–Trinajstić information content (AvgIpc) is 2.71. The van der Waals surface area contributed by atoms with Crippen LogP contribution in [0.3, 0.4) is 0 Å². The van der Waals surface area contributed by atoms with E-state index in [1.807, 2.05) is 40.7 Å². The molecule has 0 heterocycles. The summed E-state index contributed by atoms with van der Waals surface area (Å²) in [6.07, 6.45) is 8.61. The Morgan fingerprint density at radius 1 is 1.00 bits per heavy atom. The van der Waals surface area contributed by atoms with Gasteiger partial charge in [-0.25, -0.2) is 9.18 Å². The molecule has 0 amide bonds. The summed E-state index contributed by atoms with van der Waals surface area (Å²) in [5, 5.41) is 0. The second kappa shape index (κ2) is 21.2. The molecule has 6 N–H and O–H groups in total. The molecule has 0 aromatic rings. The lowest BCUT2D eigenvalue weighted by atomic mass is 10.2. The van der Waals surface area contributed by atoms with Crippen LogP contribution in [0.25, 0.3) is 0 Å². The largest absolute Gasteiger partial charge is 0.500 e. The zero-order valence-electron chi connectivity index (χ0n) is 20.8. The summed E-state index contributed by atoms with van der Waals surface area (Å²) >= 11 is 0. The van der Waals surface area contributed by atoms with E-state index in [0.717, 1.165) is 11.8 Å². The zero-order chi connectivity index (χ0) is 25.7. The van der Waals surface area contributed by atoms with Crippen LogP contribution in [0.2, 0.25) is 0 Å². The van der Waals surface area contributed by atoms with Gasteiger partial charge >= 0.3 is 5.97 Å². The molecule has 0 radical (unpaired) electrons. The minimum atomic E-state index is -0.601. The molecule has 0 aliphatic carbocycles. The third-order valence-corrected chi connectivity index (χ3v) is 3.19. The molecule has 0 aromatic carbocycles. The number of carbonyl (C=O) groups is 1. The van der Waals surface area contributed by atoms with Crippen molar-refractivity contribution in [3.63, 3.8) is 0 Å². The van der Waals surface area contributed by atoms with Gasteiger partial charge in [-0.3, -0.25) is 0 Å². The first-order valence-corrected chi connectivity index (χ1v) is 10.3. The molecule has 0 unspecified atom stereocenters. The molecule has 8 heteroatoms. The van der Waals surface area contributed by atoms with E-state index in [0.29, 0.717) is 23.5 Å². The number of rotatable bonds is 10. The van der Waals surface area contributed by atoms with Gasteiger partial charge in [-0.05, 0) is 46.3 Å². The maximum atomic E-state index is 12.2. The highest BCUT2D eigenvalue weighted by molar-refractivity contribution is 5.87. The standard InChI is InChI=1S/C14H23NO3.C8H13FN2O.C2H6/c1-10(2)18-12(4)9-13(15)8-6-7-11(3)14(16)17-5;1-6(9)3-7(11)4-8(5-10)12-2;1-2/h7-10H,6,15H2,1-5H3;3-4H,1,5,10-11H2,2H3;1-2H3/b11-7+,12-9+,13-8+;7-3+,8-4+;. The summed E-state index contributed by atoms with van der Waals surface area (Å²) in [6.45, 7) is 14.7. The van der Waals surface area contributed by atoms with E-state index in [1.165, 1.54) is 20.3 Å². The summed E-state index contributed by atoms with van der Waals surface area (Å²) in [5.74, 6) is 0.338. The second-order valence-corrected chi connectivity index (χ2v) is 6.35. The third kappa shape index (κ3) is 21.7. The van der Waals surface area contributed by atoms with E-state index in [9.17, 15) is 9.18 Å². The molecule has 184 valence electrons. The van der Waals surface area contributed by atoms with Gasteiger partial charge in [-0.1, -0.05) is 32.6 Å². The van der Waals surface area contributed by atoms with Crippen molar-refractivity contribution >= 4 is 5.97 Å². The number of allylic oxidation sites excluding steroid dienone is 7. The van der Waals surface area contributed by atoms with Gasteiger partial charge in [0.05, 0.1) is 32.6 Å².